The van der Waals surface area contributed by atoms with E-state index in [1.54, 1.807) is 7.11 Å². The Morgan fingerprint density at radius 3 is 2.69 bits per heavy atom. The smallest absolute Gasteiger partial charge is 0.104 e. The molecule has 2 rings (SSSR count). The number of likely N-dealkylation sites (N-methyl/N-ethyl adjacent to an activating group) is 1. The van der Waals surface area contributed by atoms with Gasteiger partial charge in [0.1, 0.15) is 7.11 Å². The minimum Gasteiger partial charge on any atom is -0.417 e. The molecule has 1 aromatic carbocycles. The fourth-order valence-corrected chi connectivity index (χ4v) is 1.91. The van der Waals surface area contributed by atoms with E-state index >= 15 is 0 Å². The first kappa shape index (κ1) is 11.0. The second-order valence-electron chi connectivity index (χ2n) is 4.23. The lowest BCUT2D eigenvalue weighted by Crippen LogP contribution is -2.14. The molecule has 0 fully saturated rings. The van der Waals surface area contributed by atoms with Crippen LogP contribution in [0, 0.1) is 0 Å². The van der Waals surface area contributed by atoms with Crippen LogP contribution in [0.3, 0.4) is 0 Å². The number of rotatable bonds is 4. The molecule has 0 unspecified atom stereocenters. The summed E-state index contributed by atoms with van der Waals surface area (Å²) in [5, 5.41) is 1.28. The van der Waals surface area contributed by atoms with E-state index < -0.39 is 0 Å². The molecule has 1 heterocycles. The van der Waals surface area contributed by atoms with E-state index in [-0.39, 0.29) is 0 Å². The zero-order chi connectivity index (χ0) is 11.5. The van der Waals surface area contributed by atoms with Gasteiger partial charge in [0.05, 0.1) is 5.52 Å². The van der Waals surface area contributed by atoms with E-state index in [0.29, 0.717) is 0 Å². The monoisotopic (exact) mass is 218 g/mol. The molecule has 86 valence electrons. The number of fused-ring (bicyclic) bond motifs is 1. The summed E-state index contributed by atoms with van der Waals surface area (Å²) in [6, 6.07) is 8.34. The lowest BCUT2D eigenvalue weighted by atomic mass is 10.1. The van der Waals surface area contributed by atoms with E-state index in [1.807, 2.05) is 10.8 Å². The topological polar surface area (TPSA) is 17.4 Å². The van der Waals surface area contributed by atoms with Crippen LogP contribution in [0.15, 0.2) is 30.5 Å². The van der Waals surface area contributed by atoms with Gasteiger partial charge in [-0.3, -0.25) is 0 Å². The highest BCUT2D eigenvalue weighted by Crippen LogP contribution is 2.20. The molecule has 0 aliphatic heterocycles. The Labute approximate surface area is 96.2 Å². The Kier molecular flexibility index (Phi) is 3.15. The first-order valence-corrected chi connectivity index (χ1v) is 5.50. The van der Waals surface area contributed by atoms with Crippen molar-refractivity contribution in [2.45, 2.75) is 6.42 Å². The molecule has 0 atom stereocenters. The number of hydrogen-bond donors (Lipinski definition) is 0. The molecular weight excluding hydrogens is 200 g/mol. The number of benzene rings is 1. The van der Waals surface area contributed by atoms with Gasteiger partial charge in [0.25, 0.3) is 0 Å². The molecule has 0 aliphatic rings. The van der Waals surface area contributed by atoms with Gasteiger partial charge < -0.3 is 9.74 Å². The molecule has 0 N–H and O–H groups in total. The summed E-state index contributed by atoms with van der Waals surface area (Å²) in [7, 11) is 5.88. The summed E-state index contributed by atoms with van der Waals surface area (Å²) in [6.07, 6.45) is 3.12. The van der Waals surface area contributed by atoms with Crippen molar-refractivity contribution in [3.8, 4) is 0 Å². The maximum atomic E-state index is 5.32. The summed E-state index contributed by atoms with van der Waals surface area (Å²) in [6.45, 7) is 1.05. The predicted octanol–water partition coefficient (Wildman–Crippen LogP) is 1.80. The molecule has 3 nitrogen and oxygen atoms in total. The summed E-state index contributed by atoms with van der Waals surface area (Å²) in [5.41, 5.74) is 2.48. The highest BCUT2D eigenvalue weighted by molar-refractivity contribution is 5.83. The molecule has 0 spiro atoms. The van der Waals surface area contributed by atoms with Crippen molar-refractivity contribution in [3.63, 3.8) is 0 Å². The molecule has 0 aliphatic carbocycles. The molecule has 16 heavy (non-hydrogen) atoms. The summed E-state index contributed by atoms with van der Waals surface area (Å²) in [4.78, 5) is 7.51. The van der Waals surface area contributed by atoms with Crippen molar-refractivity contribution in [2.24, 2.45) is 0 Å². The number of hydrogen-bond acceptors (Lipinski definition) is 2. The second kappa shape index (κ2) is 4.58. The highest BCUT2D eigenvalue weighted by Gasteiger charge is 2.07. The Hall–Kier alpha value is -1.48. The zero-order valence-corrected chi connectivity index (χ0v) is 10.1. The van der Waals surface area contributed by atoms with Crippen molar-refractivity contribution in [1.29, 1.82) is 0 Å². The molecule has 0 radical (unpaired) electrons. The van der Waals surface area contributed by atoms with Crippen LogP contribution in [-0.2, 0) is 6.42 Å². The molecule has 2 aromatic rings. The van der Waals surface area contributed by atoms with Crippen LogP contribution in [0.5, 0.6) is 0 Å². The van der Waals surface area contributed by atoms with Gasteiger partial charge in [-0.05, 0) is 32.1 Å². The summed E-state index contributed by atoms with van der Waals surface area (Å²) in [5.74, 6) is 0. The van der Waals surface area contributed by atoms with Crippen molar-refractivity contribution in [2.75, 3.05) is 27.7 Å². The number of nitrogens with zero attached hydrogens (tertiary/aromatic N) is 2. The van der Waals surface area contributed by atoms with Crippen LogP contribution in [0.2, 0.25) is 0 Å². The lowest BCUT2D eigenvalue weighted by molar-refractivity contribution is 0.179. The van der Waals surface area contributed by atoms with E-state index in [9.17, 15) is 0 Å². The van der Waals surface area contributed by atoms with E-state index in [2.05, 4.69) is 43.4 Å². The van der Waals surface area contributed by atoms with Gasteiger partial charge in [-0.15, -0.1) is 0 Å². The van der Waals surface area contributed by atoms with Gasteiger partial charge in [0, 0.05) is 18.1 Å². The van der Waals surface area contributed by atoms with Crippen LogP contribution in [0.25, 0.3) is 10.9 Å². The summed E-state index contributed by atoms with van der Waals surface area (Å²) >= 11 is 0. The van der Waals surface area contributed by atoms with E-state index in [4.69, 9.17) is 4.84 Å². The first-order chi connectivity index (χ1) is 7.72. The van der Waals surface area contributed by atoms with Gasteiger partial charge in [-0.1, -0.05) is 18.2 Å². The molecule has 3 heteroatoms. The molecular formula is C13H18N2O. The predicted molar refractivity (Wildman–Crippen MR) is 66.7 cm³/mol. The average Bonchev–Trinajstić information content (AvgIpc) is 2.65. The Morgan fingerprint density at radius 2 is 2.00 bits per heavy atom. The largest absolute Gasteiger partial charge is 0.417 e. The fraction of sp³-hybridized carbons (Fsp3) is 0.385. The standard InChI is InChI=1S/C13H18N2O/c1-14(2)9-8-11-10-15(16-3)13-7-5-4-6-12(11)13/h4-7,10H,8-9H2,1-3H3. The molecule has 0 bridgehead atoms. The number of aromatic nitrogens is 1. The molecule has 0 amide bonds. The van der Waals surface area contributed by atoms with Crippen LogP contribution in [0.4, 0.5) is 0 Å². The fourth-order valence-electron chi connectivity index (χ4n) is 1.91. The third kappa shape index (κ3) is 2.04. The Balaban J connectivity index is 2.37. The van der Waals surface area contributed by atoms with Crippen molar-refractivity contribution < 1.29 is 4.84 Å². The van der Waals surface area contributed by atoms with Crippen LogP contribution in [0.1, 0.15) is 5.56 Å². The highest BCUT2D eigenvalue weighted by atomic mass is 16.6. The second-order valence-corrected chi connectivity index (χ2v) is 4.23. The van der Waals surface area contributed by atoms with Crippen molar-refractivity contribution in [3.05, 3.63) is 36.0 Å². The average molecular weight is 218 g/mol. The normalized spacial score (nSPS) is 11.2. The molecule has 0 saturated carbocycles. The maximum Gasteiger partial charge on any atom is 0.104 e. The minimum atomic E-state index is 1.05. The third-order valence-electron chi connectivity index (χ3n) is 2.79. The summed E-state index contributed by atoms with van der Waals surface area (Å²) < 4.78 is 1.83. The third-order valence-corrected chi connectivity index (χ3v) is 2.79. The number of para-hydroxylation sites is 1. The first-order valence-electron chi connectivity index (χ1n) is 5.50. The maximum absolute atomic E-state index is 5.32. The SMILES string of the molecule is COn1cc(CCN(C)C)c2ccccc21. The van der Waals surface area contributed by atoms with Crippen LogP contribution >= 0.6 is 0 Å². The quantitative estimate of drug-likeness (QED) is 0.778. The van der Waals surface area contributed by atoms with Crippen molar-refractivity contribution >= 4 is 10.9 Å². The zero-order valence-electron chi connectivity index (χ0n) is 10.1. The molecule has 1 aromatic heterocycles. The Morgan fingerprint density at radius 1 is 1.25 bits per heavy atom. The molecule has 0 saturated heterocycles. The van der Waals surface area contributed by atoms with Gasteiger partial charge >= 0.3 is 0 Å². The van der Waals surface area contributed by atoms with Crippen LogP contribution < -0.4 is 4.84 Å². The van der Waals surface area contributed by atoms with Gasteiger partial charge in [0.15, 0.2) is 0 Å². The van der Waals surface area contributed by atoms with Gasteiger partial charge in [0.2, 0.25) is 0 Å². The van der Waals surface area contributed by atoms with Gasteiger partial charge in [-0.25, -0.2) is 0 Å². The van der Waals surface area contributed by atoms with E-state index in [0.717, 1.165) is 18.5 Å². The lowest BCUT2D eigenvalue weighted by Gasteiger charge is -2.07. The van der Waals surface area contributed by atoms with Crippen LogP contribution in [-0.4, -0.2) is 37.4 Å². The van der Waals surface area contributed by atoms with Gasteiger partial charge in [-0.2, -0.15) is 4.73 Å². The Bertz CT molecular complexity index is 474. The minimum absolute atomic E-state index is 1.05. The van der Waals surface area contributed by atoms with E-state index in [1.165, 1.54) is 10.9 Å². The van der Waals surface area contributed by atoms with Crippen molar-refractivity contribution in [1.82, 2.24) is 9.63 Å².